The van der Waals surface area contributed by atoms with Crippen LogP contribution in [0, 0.1) is 0 Å². The Bertz CT molecular complexity index is 547. The molecule has 2 N–H and O–H groups in total. The van der Waals surface area contributed by atoms with Crippen LogP contribution in [0.4, 0.5) is 0 Å². The van der Waals surface area contributed by atoms with Gasteiger partial charge in [-0.05, 0) is 24.6 Å². The van der Waals surface area contributed by atoms with Gasteiger partial charge < -0.3 is 15.5 Å². The molecule has 0 spiro atoms. The van der Waals surface area contributed by atoms with Crippen molar-refractivity contribution in [2.24, 2.45) is 4.99 Å². The van der Waals surface area contributed by atoms with Crippen molar-refractivity contribution in [3.05, 3.63) is 33.8 Å². The molecule has 0 radical (unpaired) electrons. The Hall–Kier alpha value is -0.730. The Balaban J connectivity index is 0.00000529. The second kappa shape index (κ2) is 11.8. The Morgan fingerprint density at radius 1 is 1.25 bits per heavy atom. The van der Waals surface area contributed by atoms with E-state index in [1.54, 1.807) is 14.1 Å². The number of nitrogens with one attached hydrogen (secondary N) is 2. The summed E-state index contributed by atoms with van der Waals surface area (Å²) in [4.78, 5) is 17.4. The monoisotopic (exact) mass is 486 g/mol. The summed E-state index contributed by atoms with van der Waals surface area (Å²) in [5.41, 5.74) is 0.906. The van der Waals surface area contributed by atoms with E-state index < -0.39 is 0 Å². The maximum Gasteiger partial charge on any atom is 0.243 e. The van der Waals surface area contributed by atoms with Crippen LogP contribution in [0.1, 0.15) is 25.3 Å². The maximum absolute atomic E-state index is 11.6. The van der Waals surface area contributed by atoms with E-state index in [-0.39, 0.29) is 42.3 Å². The summed E-state index contributed by atoms with van der Waals surface area (Å²) in [7, 11) is 3.42. The van der Waals surface area contributed by atoms with E-state index in [9.17, 15) is 4.79 Å². The van der Waals surface area contributed by atoms with Crippen LogP contribution in [0.25, 0.3) is 0 Å². The van der Waals surface area contributed by atoms with Crippen LogP contribution in [-0.4, -0.2) is 50.5 Å². The molecule has 1 amide bonds. The maximum atomic E-state index is 11.6. The lowest BCUT2D eigenvalue weighted by Gasteiger charge is -2.18. The molecule has 0 saturated carbocycles. The van der Waals surface area contributed by atoms with Gasteiger partial charge in [0, 0.05) is 43.1 Å². The Morgan fingerprint density at radius 2 is 1.83 bits per heavy atom. The molecule has 136 valence electrons. The number of aliphatic imine (C=N–C) groups is 1. The fourth-order valence-corrected chi connectivity index (χ4v) is 2.73. The molecular weight excluding hydrogens is 462 g/mol. The van der Waals surface area contributed by atoms with Crippen molar-refractivity contribution in [3.63, 3.8) is 0 Å². The highest BCUT2D eigenvalue weighted by atomic mass is 127. The summed E-state index contributed by atoms with van der Waals surface area (Å²) in [6, 6.07) is 5.48. The molecular formula is C16H25Cl2IN4O. The first-order valence-electron chi connectivity index (χ1n) is 7.53. The number of likely N-dealkylation sites (N-methyl/N-ethyl adjacent to an activating group) is 1. The second-order valence-electron chi connectivity index (χ2n) is 5.40. The van der Waals surface area contributed by atoms with Crippen LogP contribution in [-0.2, 0) is 4.79 Å². The highest BCUT2D eigenvalue weighted by molar-refractivity contribution is 14.0. The largest absolute Gasteiger partial charge is 0.357 e. The summed E-state index contributed by atoms with van der Waals surface area (Å²) in [6.07, 6.45) is 0. The van der Waals surface area contributed by atoms with Gasteiger partial charge in [0.25, 0.3) is 0 Å². The molecule has 0 bridgehead atoms. The number of rotatable bonds is 6. The quantitative estimate of drug-likeness (QED) is 0.368. The molecule has 1 aromatic rings. The van der Waals surface area contributed by atoms with Crippen LogP contribution in [0.5, 0.6) is 0 Å². The van der Waals surface area contributed by atoms with Gasteiger partial charge in [0.1, 0.15) is 6.54 Å². The highest BCUT2D eigenvalue weighted by Gasteiger charge is 2.14. The Morgan fingerprint density at radius 3 is 2.33 bits per heavy atom. The summed E-state index contributed by atoms with van der Waals surface area (Å²) >= 11 is 12.5. The molecule has 1 unspecified atom stereocenters. The topological polar surface area (TPSA) is 56.7 Å². The third-order valence-corrected chi connectivity index (χ3v) is 3.94. The lowest BCUT2D eigenvalue weighted by Crippen LogP contribution is -2.40. The molecule has 0 saturated heterocycles. The number of hydrogen-bond donors (Lipinski definition) is 2. The van der Waals surface area contributed by atoms with E-state index in [1.807, 2.05) is 32.0 Å². The van der Waals surface area contributed by atoms with Crippen LogP contribution >= 0.6 is 47.2 Å². The van der Waals surface area contributed by atoms with Gasteiger partial charge in [0.2, 0.25) is 5.91 Å². The first-order valence-corrected chi connectivity index (χ1v) is 8.28. The fourth-order valence-electron chi connectivity index (χ4n) is 1.96. The van der Waals surface area contributed by atoms with E-state index >= 15 is 0 Å². The molecule has 0 aliphatic heterocycles. The number of amides is 1. The zero-order valence-corrected chi connectivity index (χ0v) is 18.2. The second-order valence-corrected chi connectivity index (χ2v) is 6.22. The van der Waals surface area contributed by atoms with Gasteiger partial charge in [-0.15, -0.1) is 24.0 Å². The molecule has 0 aromatic heterocycles. The smallest absolute Gasteiger partial charge is 0.243 e. The SMILES string of the molecule is CCNC(=NCC(=O)N(C)C)NCC(C)c1c(Cl)cccc1Cl.I. The van der Waals surface area contributed by atoms with E-state index in [1.165, 1.54) is 4.90 Å². The molecule has 8 heteroatoms. The zero-order chi connectivity index (χ0) is 17.4. The number of guanidine groups is 1. The van der Waals surface area contributed by atoms with Gasteiger partial charge in [-0.3, -0.25) is 4.79 Å². The highest BCUT2D eigenvalue weighted by Crippen LogP contribution is 2.30. The average molecular weight is 487 g/mol. The summed E-state index contributed by atoms with van der Waals surface area (Å²) in [6.45, 7) is 5.42. The normalized spacial score (nSPS) is 12.2. The van der Waals surface area contributed by atoms with Gasteiger partial charge >= 0.3 is 0 Å². The molecule has 0 heterocycles. The van der Waals surface area contributed by atoms with E-state index in [4.69, 9.17) is 23.2 Å². The number of hydrogen-bond acceptors (Lipinski definition) is 2. The van der Waals surface area contributed by atoms with Crippen molar-refractivity contribution < 1.29 is 4.79 Å². The minimum atomic E-state index is -0.0515. The minimum absolute atomic E-state index is 0. The third kappa shape index (κ3) is 7.44. The van der Waals surface area contributed by atoms with E-state index in [0.29, 0.717) is 29.1 Å². The van der Waals surface area contributed by atoms with E-state index in [0.717, 1.165) is 5.56 Å². The molecule has 1 rings (SSSR count). The number of carbonyl (C=O) groups excluding carboxylic acids is 1. The average Bonchev–Trinajstić information content (AvgIpc) is 2.49. The molecule has 5 nitrogen and oxygen atoms in total. The summed E-state index contributed by atoms with van der Waals surface area (Å²) in [5.74, 6) is 0.645. The predicted molar refractivity (Wildman–Crippen MR) is 113 cm³/mol. The van der Waals surface area contributed by atoms with Crippen molar-refractivity contribution in [2.45, 2.75) is 19.8 Å². The van der Waals surface area contributed by atoms with Gasteiger partial charge in [0.15, 0.2) is 5.96 Å². The molecule has 0 aliphatic rings. The van der Waals surface area contributed by atoms with Gasteiger partial charge in [-0.25, -0.2) is 4.99 Å². The van der Waals surface area contributed by atoms with Crippen molar-refractivity contribution in [1.29, 1.82) is 0 Å². The zero-order valence-electron chi connectivity index (χ0n) is 14.4. The first-order chi connectivity index (χ1) is 10.9. The van der Waals surface area contributed by atoms with Crippen molar-refractivity contribution >= 4 is 59.0 Å². The van der Waals surface area contributed by atoms with Gasteiger partial charge in [0.05, 0.1) is 0 Å². The molecule has 0 aliphatic carbocycles. The molecule has 24 heavy (non-hydrogen) atoms. The molecule has 1 atom stereocenters. The predicted octanol–water partition coefficient (Wildman–Crippen LogP) is 3.36. The Kier molecular flexibility index (Phi) is 11.4. The van der Waals surface area contributed by atoms with Crippen molar-refractivity contribution in [1.82, 2.24) is 15.5 Å². The fraction of sp³-hybridized carbons (Fsp3) is 0.500. The molecule has 1 aromatic carbocycles. The van der Waals surface area contributed by atoms with E-state index in [2.05, 4.69) is 15.6 Å². The first kappa shape index (κ1) is 23.3. The van der Waals surface area contributed by atoms with Crippen LogP contribution in [0.3, 0.4) is 0 Å². The van der Waals surface area contributed by atoms with Gasteiger partial charge in [-0.2, -0.15) is 0 Å². The van der Waals surface area contributed by atoms with Crippen LogP contribution in [0.2, 0.25) is 10.0 Å². The number of benzene rings is 1. The lowest BCUT2D eigenvalue weighted by molar-refractivity contribution is -0.127. The number of halogens is 3. The Labute approximate surface area is 171 Å². The van der Waals surface area contributed by atoms with Gasteiger partial charge in [-0.1, -0.05) is 36.2 Å². The van der Waals surface area contributed by atoms with Crippen LogP contribution < -0.4 is 10.6 Å². The minimum Gasteiger partial charge on any atom is -0.357 e. The van der Waals surface area contributed by atoms with Crippen molar-refractivity contribution in [2.75, 3.05) is 33.7 Å². The lowest BCUT2D eigenvalue weighted by atomic mass is 10.0. The third-order valence-electron chi connectivity index (χ3n) is 3.28. The number of nitrogens with zero attached hydrogens (tertiary/aromatic N) is 2. The summed E-state index contributed by atoms with van der Waals surface area (Å²) in [5, 5.41) is 7.63. The van der Waals surface area contributed by atoms with Crippen molar-refractivity contribution in [3.8, 4) is 0 Å². The summed E-state index contributed by atoms with van der Waals surface area (Å²) < 4.78 is 0. The number of carbonyl (C=O) groups is 1. The van der Waals surface area contributed by atoms with Crippen LogP contribution in [0.15, 0.2) is 23.2 Å². The molecule has 0 fully saturated rings. The standard InChI is InChI=1S/C16H24Cl2N4O.HI/c1-5-19-16(21-10-14(23)22(3)4)20-9-11(2)15-12(17)7-6-8-13(15)18;/h6-8,11H,5,9-10H2,1-4H3,(H2,19,20,21);1H.